The van der Waals surface area contributed by atoms with Gasteiger partial charge in [-0.25, -0.2) is 0 Å². The average Bonchev–Trinajstić information content (AvgIpc) is 3.41. The van der Waals surface area contributed by atoms with Gasteiger partial charge in [-0.15, -0.1) is 5.10 Å². The van der Waals surface area contributed by atoms with Crippen LogP contribution in [0.25, 0.3) is 10.9 Å². The number of nitrogens with one attached hydrogen (secondary N) is 3. The molecular formula is C25H32N6O4. The lowest BCUT2D eigenvalue weighted by molar-refractivity contribution is -0.105. The fraction of sp³-hybridized carbons (Fsp3) is 0.320. The second kappa shape index (κ2) is 13.0. The van der Waals surface area contributed by atoms with Crippen LogP contribution >= 0.6 is 0 Å². The number of aromatic amines is 1. The van der Waals surface area contributed by atoms with E-state index in [0.717, 1.165) is 28.3 Å². The van der Waals surface area contributed by atoms with E-state index in [1.54, 1.807) is 49.4 Å². The van der Waals surface area contributed by atoms with Crippen molar-refractivity contribution in [3.63, 3.8) is 0 Å². The van der Waals surface area contributed by atoms with Gasteiger partial charge in [0.25, 0.3) is 5.88 Å². The predicted octanol–water partition coefficient (Wildman–Crippen LogP) is 4.18. The van der Waals surface area contributed by atoms with Crippen LogP contribution in [0.2, 0.25) is 0 Å². The van der Waals surface area contributed by atoms with E-state index in [0.29, 0.717) is 30.3 Å². The molecule has 0 atom stereocenters. The summed E-state index contributed by atoms with van der Waals surface area (Å²) in [6.45, 7) is 2.72. The topological polar surface area (TPSA) is 126 Å². The minimum Gasteiger partial charge on any atom is -0.497 e. The maximum Gasteiger partial charge on any atom is 0.256 e. The summed E-state index contributed by atoms with van der Waals surface area (Å²) in [5, 5.41) is 27.1. The monoisotopic (exact) mass is 480 g/mol. The first-order chi connectivity index (χ1) is 17.1. The second-order valence-corrected chi connectivity index (χ2v) is 7.95. The summed E-state index contributed by atoms with van der Waals surface area (Å²) < 4.78 is 11.8. The lowest BCUT2D eigenvalue weighted by Crippen LogP contribution is -2.02. The summed E-state index contributed by atoms with van der Waals surface area (Å²) in [4.78, 5) is 9.99. The second-order valence-electron chi connectivity index (χ2n) is 7.95. The maximum absolute atomic E-state index is 9.99. The van der Waals surface area contributed by atoms with Crippen LogP contribution in [0, 0.1) is 5.92 Å². The van der Waals surface area contributed by atoms with Crippen molar-refractivity contribution in [2.45, 2.75) is 26.3 Å². The Morgan fingerprint density at radius 1 is 1.14 bits per heavy atom. The number of benzene rings is 2. The molecule has 35 heavy (non-hydrogen) atoms. The van der Waals surface area contributed by atoms with E-state index in [-0.39, 0.29) is 6.61 Å². The molecule has 1 amide bonds. The largest absolute Gasteiger partial charge is 0.497 e. The molecule has 4 aromatic rings. The van der Waals surface area contributed by atoms with Crippen LogP contribution in [0.4, 0.5) is 17.2 Å². The van der Waals surface area contributed by atoms with Crippen molar-refractivity contribution in [2.24, 2.45) is 5.92 Å². The first-order valence-electron chi connectivity index (χ1n) is 11.3. The summed E-state index contributed by atoms with van der Waals surface area (Å²) >= 11 is 0. The van der Waals surface area contributed by atoms with Crippen molar-refractivity contribution < 1.29 is 19.4 Å². The van der Waals surface area contributed by atoms with E-state index in [1.165, 1.54) is 12.8 Å². The number of hydrogen-bond acceptors (Lipinski definition) is 7. The van der Waals surface area contributed by atoms with Crippen LogP contribution in [0.1, 0.15) is 19.8 Å². The number of para-hydroxylation sites is 1. The number of aliphatic hydroxyl groups excluding tert-OH is 1. The number of methoxy groups -OCH3 is 2. The van der Waals surface area contributed by atoms with Gasteiger partial charge in [-0.3, -0.25) is 14.6 Å². The first kappa shape index (κ1) is 25.6. The van der Waals surface area contributed by atoms with Crippen LogP contribution in [0.3, 0.4) is 0 Å². The lowest BCUT2D eigenvalue weighted by Gasteiger charge is -2.02. The molecule has 0 bridgehead atoms. The minimum atomic E-state index is 0.0234. The summed E-state index contributed by atoms with van der Waals surface area (Å²) in [6, 6.07) is 14.9. The smallest absolute Gasteiger partial charge is 0.256 e. The van der Waals surface area contributed by atoms with Gasteiger partial charge in [-0.1, -0.05) is 31.9 Å². The number of aliphatic hydroxyl groups is 1. The number of rotatable bonds is 8. The van der Waals surface area contributed by atoms with Gasteiger partial charge in [-0.2, -0.15) is 5.10 Å². The van der Waals surface area contributed by atoms with E-state index in [1.807, 2.05) is 24.3 Å². The Kier molecular flexibility index (Phi) is 9.49. The summed E-state index contributed by atoms with van der Waals surface area (Å²) in [7, 11) is 3.15. The molecule has 186 valence electrons. The van der Waals surface area contributed by atoms with Crippen molar-refractivity contribution in [2.75, 3.05) is 31.5 Å². The third-order valence-electron chi connectivity index (χ3n) is 5.16. The molecule has 10 nitrogen and oxygen atoms in total. The number of H-pyrrole nitrogens is 1. The number of carbonyl (C=O) groups excluding carboxylic acids is 1. The standard InChI is InChI=1S/C13H15N5O2.C8H9NO2.C4H8/c1-20-13-11(8-18(17-13)6-7-19)14-12-9-4-2-3-5-10(9)15-16-12;1-11-8-4-2-7(3-5-8)9-6-10;1-4-2-3-4/h2-5,8,19H,6-7H2,1H3,(H2,14,15,16);2-6H,1H3,(H,9,10);4H,2-3H2,1H3. The molecule has 1 saturated carbocycles. The number of nitrogens with zero attached hydrogens (tertiary/aromatic N) is 3. The Morgan fingerprint density at radius 3 is 2.46 bits per heavy atom. The molecule has 2 heterocycles. The van der Waals surface area contributed by atoms with Crippen LogP contribution in [-0.2, 0) is 11.3 Å². The molecule has 1 fully saturated rings. The number of hydrogen-bond donors (Lipinski definition) is 4. The average molecular weight is 481 g/mol. The highest BCUT2D eigenvalue weighted by Gasteiger charge is 2.13. The summed E-state index contributed by atoms with van der Waals surface area (Å²) in [5.41, 5.74) is 2.43. The number of fused-ring (bicyclic) bond motifs is 1. The number of ether oxygens (including phenoxy) is 2. The first-order valence-corrected chi connectivity index (χ1v) is 11.3. The van der Waals surface area contributed by atoms with Crippen molar-refractivity contribution in [3.8, 4) is 11.6 Å². The molecule has 0 aliphatic heterocycles. The van der Waals surface area contributed by atoms with E-state index >= 15 is 0 Å². The van der Waals surface area contributed by atoms with Crippen LogP contribution in [-0.4, -0.2) is 52.3 Å². The predicted molar refractivity (Wildman–Crippen MR) is 136 cm³/mol. The van der Waals surface area contributed by atoms with Gasteiger partial charge >= 0.3 is 0 Å². The van der Waals surface area contributed by atoms with E-state index < -0.39 is 0 Å². The van der Waals surface area contributed by atoms with Crippen molar-refractivity contribution >= 4 is 34.5 Å². The highest BCUT2D eigenvalue weighted by molar-refractivity contribution is 5.91. The van der Waals surface area contributed by atoms with Crippen LogP contribution in [0.5, 0.6) is 11.6 Å². The van der Waals surface area contributed by atoms with Gasteiger partial charge in [0.05, 0.1) is 39.1 Å². The SMILES string of the molecule is CC1CC1.COc1ccc(NC=O)cc1.COc1nn(CCO)cc1Nc1n[nH]c2ccccc12. The summed E-state index contributed by atoms with van der Waals surface area (Å²) in [6.07, 6.45) is 5.39. The van der Waals surface area contributed by atoms with Gasteiger partial charge in [0.1, 0.15) is 11.4 Å². The number of amides is 1. The molecule has 0 unspecified atom stereocenters. The van der Waals surface area contributed by atoms with Crippen molar-refractivity contribution in [3.05, 3.63) is 54.7 Å². The van der Waals surface area contributed by atoms with Crippen molar-refractivity contribution in [1.29, 1.82) is 0 Å². The third kappa shape index (κ3) is 7.75. The quantitative estimate of drug-likeness (QED) is 0.279. The van der Waals surface area contributed by atoms with E-state index in [9.17, 15) is 4.79 Å². The van der Waals surface area contributed by atoms with Gasteiger partial charge < -0.3 is 25.2 Å². The maximum atomic E-state index is 9.99. The van der Waals surface area contributed by atoms with Gasteiger partial charge in [0, 0.05) is 11.1 Å². The molecule has 1 aliphatic rings. The highest BCUT2D eigenvalue weighted by atomic mass is 16.5. The number of anilines is 3. The normalized spacial score (nSPS) is 12.0. The third-order valence-corrected chi connectivity index (χ3v) is 5.16. The molecule has 0 saturated heterocycles. The Hall–Kier alpha value is -4.05. The van der Waals surface area contributed by atoms with Crippen LogP contribution < -0.4 is 20.1 Å². The molecule has 2 aromatic heterocycles. The molecule has 4 N–H and O–H groups in total. The zero-order valence-corrected chi connectivity index (χ0v) is 20.2. The minimum absolute atomic E-state index is 0.0234. The summed E-state index contributed by atoms with van der Waals surface area (Å²) in [5.74, 6) is 3.04. The van der Waals surface area contributed by atoms with Gasteiger partial charge in [-0.05, 0) is 42.3 Å². The molecular weight excluding hydrogens is 448 g/mol. The fourth-order valence-corrected chi connectivity index (χ4v) is 2.97. The molecule has 10 heteroatoms. The lowest BCUT2D eigenvalue weighted by atomic mass is 10.2. The van der Waals surface area contributed by atoms with E-state index in [4.69, 9.17) is 14.6 Å². The fourth-order valence-electron chi connectivity index (χ4n) is 2.97. The van der Waals surface area contributed by atoms with Gasteiger partial charge in [0.2, 0.25) is 6.41 Å². The Bertz CT molecular complexity index is 1180. The molecule has 0 radical (unpaired) electrons. The molecule has 5 rings (SSSR count). The molecule has 2 aromatic carbocycles. The highest BCUT2D eigenvalue weighted by Crippen LogP contribution is 2.29. The molecule has 1 aliphatic carbocycles. The zero-order chi connectivity index (χ0) is 25.0. The Labute approximate surface area is 204 Å². The molecule has 0 spiro atoms. The Morgan fingerprint density at radius 2 is 1.86 bits per heavy atom. The van der Waals surface area contributed by atoms with E-state index in [2.05, 4.69) is 32.9 Å². The van der Waals surface area contributed by atoms with Crippen LogP contribution in [0.15, 0.2) is 54.7 Å². The number of carbonyl (C=O) groups is 1. The number of aromatic nitrogens is 4. The van der Waals surface area contributed by atoms with Gasteiger partial charge in [0.15, 0.2) is 5.82 Å². The Balaban J connectivity index is 0.000000190. The van der Waals surface area contributed by atoms with Crippen molar-refractivity contribution in [1.82, 2.24) is 20.0 Å². The zero-order valence-electron chi connectivity index (χ0n) is 20.2.